The minimum Gasteiger partial charge on any atom is -0.490 e. The number of benzene rings is 1. The number of hydrogen-bond donors (Lipinski definition) is 1. The van der Waals surface area contributed by atoms with Crippen LogP contribution >= 0.6 is 11.6 Å². The number of ether oxygens (including phenoxy) is 1. The van der Waals surface area contributed by atoms with Crippen LogP contribution in [0.3, 0.4) is 0 Å². The lowest BCUT2D eigenvalue weighted by atomic mass is 10.2. The van der Waals surface area contributed by atoms with Crippen LogP contribution in [0.15, 0.2) is 12.1 Å². The maximum Gasteiger partial charge on any atom is 0.339 e. The molecule has 14 heavy (non-hydrogen) atoms. The number of hydrogen-bond acceptors (Lipinski definition) is 2. The Bertz CT molecular complexity index is 365. The Morgan fingerprint density at radius 3 is 2.79 bits per heavy atom. The lowest BCUT2D eigenvalue weighted by Gasteiger charge is -2.08. The summed E-state index contributed by atoms with van der Waals surface area (Å²) in [6, 6.07) is 2.16. The quantitative estimate of drug-likeness (QED) is 0.848. The molecule has 0 saturated carbocycles. The van der Waals surface area contributed by atoms with Crippen LogP contribution in [-0.4, -0.2) is 17.7 Å². The van der Waals surface area contributed by atoms with Crippen LogP contribution in [0.4, 0.5) is 4.39 Å². The Hall–Kier alpha value is -1.29. The molecule has 1 aromatic carbocycles. The van der Waals surface area contributed by atoms with Gasteiger partial charge < -0.3 is 9.84 Å². The molecule has 0 bridgehead atoms. The average molecular weight is 219 g/mol. The topological polar surface area (TPSA) is 46.5 Å². The van der Waals surface area contributed by atoms with Gasteiger partial charge in [-0.1, -0.05) is 11.6 Å². The van der Waals surface area contributed by atoms with Gasteiger partial charge in [-0.3, -0.25) is 0 Å². The van der Waals surface area contributed by atoms with Crippen LogP contribution in [0, 0.1) is 5.82 Å². The summed E-state index contributed by atoms with van der Waals surface area (Å²) < 4.78 is 18.1. The Labute approximate surface area is 85.1 Å². The SMILES string of the molecule is CCOc1c(F)cc(Cl)cc1C(=O)O. The van der Waals surface area contributed by atoms with E-state index in [1.807, 2.05) is 0 Å². The molecule has 0 radical (unpaired) electrons. The molecule has 76 valence electrons. The summed E-state index contributed by atoms with van der Waals surface area (Å²) in [5, 5.41) is 8.77. The van der Waals surface area contributed by atoms with Gasteiger partial charge in [0.2, 0.25) is 0 Å². The van der Waals surface area contributed by atoms with Crippen LogP contribution in [0.2, 0.25) is 5.02 Å². The van der Waals surface area contributed by atoms with E-state index in [9.17, 15) is 9.18 Å². The third-order valence-corrected chi connectivity index (χ3v) is 1.75. The molecule has 5 heteroatoms. The van der Waals surface area contributed by atoms with Gasteiger partial charge in [0.05, 0.1) is 6.61 Å². The molecule has 0 unspecified atom stereocenters. The minimum absolute atomic E-state index is 0.0309. The summed E-state index contributed by atoms with van der Waals surface area (Å²) in [5.41, 5.74) is -0.267. The van der Waals surface area contributed by atoms with Crippen LogP contribution in [0.5, 0.6) is 5.75 Å². The fraction of sp³-hybridized carbons (Fsp3) is 0.222. The predicted molar refractivity (Wildman–Crippen MR) is 49.5 cm³/mol. The second-order valence-electron chi connectivity index (χ2n) is 2.50. The molecule has 0 amide bonds. The molecule has 0 fully saturated rings. The van der Waals surface area contributed by atoms with Crippen LogP contribution in [0.25, 0.3) is 0 Å². The summed E-state index contributed by atoms with van der Waals surface area (Å²) in [5.74, 6) is -2.31. The van der Waals surface area contributed by atoms with Crippen LogP contribution in [0.1, 0.15) is 17.3 Å². The van der Waals surface area contributed by atoms with E-state index >= 15 is 0 Å². The largest absolute Gasteiger partial charge is 0.490 e. The molecule has 0 aliphatic heterocycles. The lowest BCUT2D eigenvalue weighted by Crippen LogP contribution is -2.04. The summed E-state index contributed by atoms with van der Waals surface area (Å²) in [4.78, 5) is 10.7. The van der Waals surface area contributed by atoms with Gasteiger partial charge in [0.1, 0.15) is 5.56 Å². The highest BCUT2D eigenvalue weighted by Crippen LogP contribution is 2.27. The number of carboxylic acid groups (broad SMARTS) is 1. The molecule has 0 spiro atoms. The fourth-order valence-electron chi connectivity index (χ4n) is 1.01. The van der Waals surface area contributed by atoms with Crippen molar-refractivity contribution in [3.8, 4) is 5.75 Å². The van der Waals surface area contributed by atoms with Crippen LogP contribution in [-0.2, 0) is 0 Å². The zero-order valence-corrected chi connectivity index (χ0v) is 8.14. The van der Waals surface area contributed by atoms with Crippen molar-refractivity contribution >= 4 is 17.6 Å². The first kappa shape index (κ1) is 10.8. The second-order valence-corrected chi connectivity index (χ2v) is 2.94. The molecular formula is C9H8ClFO3. The minimum atomic E-state index is -1.27. The van der Waals surface area contributed by atoms with E-state index < -0.39 is 11.8 Å². The maximum atomic E-state index is 13.2. The van der Waals surface area contributed by atoms with Crippen LogP contribution < -0.4 is 4.74 Å². The second kappa shape index (κ2) is 4.28. The van der Waals surface area contributed by atoms with Crippen molar-refractivity contribution in [1.29, 1.82) is 0 Å². The first-order valence-electron chi connectivity index (χ1n) is 3.91. The highest BCUT2D eigenvalue weighted by Gasteiger charge is 2.16. The Morgan fingerprint density at radius 2 is 2.29 bits per heavy atom. The maximum absolute atomic E-state index is 13.2. The number of halogens is 2. The van der Waals surface area contributed by atoms with Crippen molar-refractivity contribution in [3.05, 3.63) is 28.5 Å². The Morgan fingerprint density at radius 1 is 1.64 bits per heavy atom. The third-order valence-electron chi connectivity index (χ3n) is 1.53. The molecule has 0 aliphatic carbocycles. The normalized spacial score (nSPS) is 9.93. The summed E-state index contributed by atoms with van der Waals surface area (Å²) in [7, 11) is 0. The van der Waals surface area contributed by atoms with E-state index in [4.69, 9.17) is 21.4 Å². The molecular weight excluding hydrogens is 211 g/mol. The zero-order valence-electron chi connectivity index (χ0n) is 7.38. The first-order valence-corrected chi connectivity index (χ1v) is 4.29. The standard InChI is InChI=1S/C9H8ClFO3/c1-2-14-8-6(9(12)13)3-5(10)4-7(8)11/h3-4H,2H2,1H3,(H,12,13). The van der Waals surface area contributed by atoms with Gasteiger partial charge in [0.25, 0.3) is 0 Å². The van der Waals surface area contributed by atoms with Crippen molar-refractivity contribution in [2.45, 2.75) is 6.92 Å². The van der Waals surface area contributed by atoms with E-state index in [-0.39, 0.29) is 22.9 Å². The first-order chi connectivity index (χ1) is 6.56. The highest BCUT2D eigenvalue weighted by atomic mass is 35.5. The van der Waals surface area contributed by atoms with Crippen molar-refractivity contribution in [2.75, 3.05) is 6.61 Å². The van der Waals surface area contributed by atoms with Crippen molar-refractivity contribution < 1.29 is 19.0 Å². The van der Waals surface area contributed by atoms with Crippen molar-refractivity contribution in [3.63, 3.8) is 0 Å². The van der Waals surface area contributed by atoms with E-state index in [0.717, 1.165) is 12.1 Å². The van der Waals surface area contributed by atoms with Gasteiger partial charge in [-0.25, -0.2) is 9.18 Å². The van der Waals surface area contributed by atoms with E-state index in [1.54, 1.807) is 6.92 Å². The van der Waals surface area contributed by atoms with Gasteiger partial charge in [0, 0.05) is 5.02 Å². The monoisotopic (exact) mass is 218 g/mol. The molecule has 0 aliphatic rings. The summed E-state index contributed by atoms with van der Waals surface area (Å²) >= 11 is 5.51. The zero-order chi connectivity index (χ0) is 10.7. The van der Waals surface area contributed by atoms with E-state index in [1.165, 1.54) is 0 Å². The summed E-state index contributed by atoms with van der Waals surface area (Å²) in [6.07, 6.45) is 0. The molecule has 1 rings (SSSR count). The molecule has 0 aromatic heterocycles. The highest BCUT2D eigenvalue weighted by molar-refractivity contribution is 6.31. The number of aromatic carboxylic acids is 1. The van der Waals surface area contributed by atoms with Gasteiger partial charge in [-0.05, 0) is 19.1 Å². The third kappa shape index (κ3) is 2.14. The molecule has 0 saturated heterocycles. The van der Waals surface area contributed by atoms with Gasteiger partial charge in [-0.2, -0.15) is 0 Å². The van der Waals surface area contributed by atoms with Crippen molar-refractivity contribution in [1.82, 2.24) is 0 Å². The Kier molecular flexibility index (Phi) is 3.30. The van der Waals surface area contributed by atoms with Gasteiger partial charge in [0.15, 0.2) is 11.6 Å². The summed E-state index contributed by atoms with van der Waals surface area (Å²) in [6.45, 7) is 1.83. The molecule has 0 atom stereocenters. The van der Waals surface area contributed by atoms with E-state index in [0.29, 0.717) is 0 Å². The smallest absolute Gasteiger partial charge is 0.339 e. The van der Waals surface area contributed by atoms with Gasteiger partial charge >= 0.3 is 5.97 Å². The number of carbonyl (C=O) groups is 1. The lowest BCUT2D eigenvalue weighted by molar-refractivity contribution is 0.0691. The number of rotatable bonds is 3. The number of carboxylic acids is 1. The Balaban J connectivity index is 3.28. The predicted octanol–water partition coefficient (Wildman–Crippen LogP) is 2.58. The van der Waals surface area contributed by atoms with Gasteiger partial charge in [-0.15, -0.1) is 0 Å². The molecule has 3 nitrogen and oxygen atoms in total. The fourth-order valence-corrected chi connectivity index (χ4v) is 1.22. The molecule has 1 N–H and O–H groups in total. The van der Waals surface area contributed by atoms with Crippen molar-refractivity contribution in [2.24, 2.45) is 0 Å². The van der Waals surface area contributed by atoms with E-state index in [2.05, 4.69) is 0 Å². The average Bonchev–Trinajstić information content (AvgIpc) is 2.09. The molecule has 1 aromatic rings. The molecule has 0 heterocycles.